The maximum Gasteiger partial charge on any atom is 0.416 e. The van der Waals surface area contributed by atoms with Crippen LogP contribution < -0.4 is 10.1 Å². The zero-order chi connectivity index (χ0) is 14.8. The normalized spacial score (nSPS) is 11.4. The fourth-order valence-corrected chi connectivity index (χ4v) is 1.54. The van der Waals surface area contributed by atoms with Crippen molar-refractivity contribution in [2.45, 2.75) is 19.6 Å². The molecule has 1 N–H and O–H groups in total. The van der Waals surface area contributed by atoms with Gasteiger partial charge < -0.3 is 10.1 Å². The molecule has 20 heavy (non-hydrogen) atoms. The Balaban J connectivity index is 2.31. The second-order valence-electron chi connectivity index (χ2n) is 3.96. The molecule has 0 amide bonds. The van der Waals surface area contributed by atoms with Crippen LogP contribution in [0.5, 0.6) is 11.6 Å². The first-order valence-electron chi connectivity index (χ1n) is 5.89. The minimum absolute atomic E-state index is 0.0812. The van der Waals surface area contributed by atoms with E-state index in [-0.39, 0.29) is 11.7 Å². The Morgan fingerprint density at radius 3 is 2.65 bits per heavy atom. The van der Waals surface area contributed by atoms with Gasteiger partial charge in [-0.25, -0.2) is 0 Å². The first kappa shape index (κ1) is 14.2. The number of ether oxygens (including phenoxy) is 1. The molecule has 0 aliphatic heterocycles. The maximum absolute atomic E-state index is 12.8. The fraction of sp³-hybridized carbons (Fsp3) is 0.333. The average Bonchev–Trinajstić information content (AvgIpc) is 2.85. The van der Waals surface area contributed by atoms with Gasteiger partial charge in [-0.2, -0.15) is 23.3 Å². The lowest BCUT2D eigenvalue weighted by atomic mass is 10.2. The molecular formula is C12H13F3N4O. The van der Waals surface area contributed by atoms with E-state index in [1.165, 1.54) is 13.2 Å². The SMILES string of the molecule is CCn1cc(Oc2cc(C(F)(F)F)cc(NC)n2)cn1. The van der Waals surface area contributed by atoms with Gasteiger partial charge in [-0.15, -0.1) is 0 Å². The Kier molecular flexibility index (Phi) is 3.82. The van der Waals surface area contributed by atoms with Crippen molar-refractivity contribution in [1.82, 2.24) is 14.8 Å². The highest BCUT2D eigenvalue weighted by Crippen LogP contribution is 2.33. The summed E-state index contributed by atoms with van der Waals surface area (Å²) in [5.74, 6) is 0.276. The van der Waals surface area contributed by atoms with Crippen molar-refractivity contribution in [3.05, 3.63) is 30.1 Å². The summed E-state index contributed by atoms with van der Waals surface area (Å²) in [6, 6.07) is 1.77. The number of hydrogen-bond donors (Lipinski definition) is 1. The molecule has 5 nitrogen and oxygen atoms in total. The molecule has 2 rings (SSSR count). The van der Waals surface area contributed by atoms with E-state index in [1.807, 2.05) is 6.92 Å². The molecule has 8 heteroatoms. The summed E-state index contributed by atoms with van der Waals surface area (Å²) in [4.78, 5) is 3.93. The highest BCUT2D eigenvalue weighted by atomic mass is 19.4. The third kappa shape index (κ3) is 3.19. The zero-order valence-corrected chi connectivity index (χ0v) is 10.9. The smallest absolute Gasteiger partial charge is 0.416 e. The standard InChI is InChI=1S/C12H13F3N4O/c1-3-19-7-9(6-17-19)20-11-5-8(12(13,14)15)4-10(16-2)18-11/h4-7H,3H2,1-2H3,(H,16,18). The van der Waals surface area contributed by atoms with Gasteiger partial charge in [0.05, 0.1) is 18.0 Å². The molecule has 0 unspecified atom stereocenters. The summed E-state index contributed by atoms with van der Waals surface area (Å²) in [5, 5.41) is 6.54. The van der Waals surface area contributed by atoms with Crippen molar-refractivity contribution < 1.29 is 17.9 Å². The lowest BCUT2D eigenvalue weighted by Gasteiger charge is -2.11. The first-order chi connectivity index (χ1) is 9.42. The van der Waals surface area contributed by atoms with Crippen molar-refractivity contribution in [3.63, 3.8) is 0 Å². The fourth-order valence-electron chi connectivity index (χ4n) is 1.54. The molecule has 0 aromatic carbocycles. The molecule has 108 valence electrons. The van der Waals surface area contributed by atoms with Crippen molar-refractivity contribution in [2.24, 2.45) is 0 Å². The van der Waals surface area contributed by atoms with Crippen LogP contribution in [0.2, 0.25) is 0 Å². The van der Waals surface area contributed by atoms with E-state index < -0.39 is 11.7 Å². The van der Waals surface area contributed by atoms with E-state index >= 15 is 0 Å². The number of alkyl halides is 3. The zero-order valence-electron chi connectivity index (χ0n) is 10.9. The molecule has 0 aliphatic rings. The molecule has 2 aromatic heterocycles. The van der Waals surface area contributed by atoms with Crippen LogP contribution in [0.25, 0.3) is 0 Å². The molecule has 0 atom stereocenters. The Labute approximate surface area is 113 Å². The number of hydrogen-bond acceptors (Lipinski definition) is 4. The Hall–Kier alpha value is -2.25. The summed E-state index contributed by atoms with van der Waals surface area (Å²) in [6.07, 6.45) is -1.45. The number of aryl methyl sites for hydroxylation is 1. The number of pyridine rings is 1. The van der Waals surface area contributed by atoms with Gasteiger partial charge in [-0.1, -0.05) is 0 Å². The highest BCUT2D eigenvalue weighted by molar-refractivity contribution is 5.42. The van der Waals surface area contributed by atoms with Gasteiger partial charge in [0.2, 0.25) is 5.88 Å². The number of anilines is 1. The molecule has 0 spiro atoms. The van der Waals surface area contributed by atoms with E-state index in [0.717, 1.165) is 12.1 Å². The Bertz CT molecular complexity index is 595. The lowest BCUT2D eigenvalue weighted by molar-refractivity contribution is -0.137. The summed E-state index contributed by atoms with van der Waals surface area (Å²) >= 11 is 0. The van der Waals surface area contributed by atoms with Crippen LogP contribution in [0.4, 0.5) is 19.0 Å². The second kappa shape index (κ2) is 5.40. The van der Waals surface area contributed by atoms with Crippen LogP contribution in [-0.2, 0) is 12.7 Å². The minimum Gasteiger partial charge on any atom is -0.436 e. The van der Waals surface area contributed by atoms with E-state index in [1.54, 1.807) is 10.9 Å². The van der Waals surface area contributed by atoms with Gasteiger partial charge in [0.1, 0.15) is 5.82 Å². The van der Waals surface area contributed by atoms with Gasteiger partial charge in [0.25, 0.3) is 0 Å². The molecule has 0 aliphatic carbocycles. The van der Waals surface area contributed by atoms with Crippen molar-refractivity contribution in [2.75, 3.05) is 12.4 Å². The van der Waals surface area contributed by atoms with Crippen LogP contribution >= 0.6 is 0 Å². The van der Waals surface area contributed by atoms with Gasteiger partial charge in [-0.05, 0) is 13.0 Å². The quantitative estimate of drug-likeness (QED) is 0.938. The van der Waals surface area contributed by atoms with Crippen molar-refractivity contribution in [3.8, 4) is 11.6 Å². The van der Waals surface area contributed by atoms with E-state index in [9.17, 15) is 13.2 Å². The van der Waals surface area contributed by atoms with Gasteiger partial charge in [0, 0.05) is 19.7 Å². The molecular weight excluding hydrogens is 273 g/mol. The monoisotopic (exact) mass is 286 g/mol. The summed E-state index contributed by atoms with van der Waals surface area (Å²) < 4.78 is 45.2. The third-order valence-electron chi connectivity index (χ3n) is 2.54. The van der Waals surface area contributed by atoms with E-state index in [0.29, 0.717) is 12.3 Å². The topological polar surface area (TPSA) is 52.0 Å². The number of nitrogens with one attached hydrogen (secondary N) is 1. The summed E-state index contributed by atoms with van der Waals surface area (Å²) in [5.41, 5.74) is -0.824. The summed E-state index contributed by atoms with van der Waals surface area (Å²) in [7, 11) is 1.49. The van der Waals surface area contributed by atoms with Gasteiger partial charge in [-0.3, -0.25) is 4.68 Å². The largest absolute Gasteiger partial charge is 0.436 e. The molecule has 0 saturated heterocycles. The molecule has 0 bridgehead atoms. The highest BCUT2D eigenvalue weighted by Gasteiger charge is 2.32. The van der Waals surface area contributed by atoms with Gasteiger partial charge >= 0.3 is 6.18 Å². The Morgan fingerprint density at radius 1 is 1.35 bits per heavy atom. The molecule has 0 fully saturated rings. The summed E-state index contributed by atoms with van der Waals surface area (Å²) in [6.45, 7) is 2.53. The predicted octanol–water partition coefficient (Wildman–Crippen LogP) is 3.15. The molecule has 0 radical (unpaired) electrons. The molecule has 2 aromatic rings. The van der Waals surface area contributed by atoms with Crippen LogP contribution in [-0.4, -0.2) is 21.8 Å². The second-order valence-corrected chi connectivity index (χ2v) is 3.96. The number of nitrogens with zero attached hydrogens (tertiary/aromatic N) is 3. The predicted molar refractivity (Wildman–Crippen MR) is 66.8 cm³/mol. The van der Waals surface area contributed by atoms with Crippen LogP contribution in [0.15, 0.2) is 24.5 Å². The molecule has 2 heterocycles. The number of aromatic nitrogens is 3. The average molecular weight is 286 g/mol. The first-order valence-corrected chi connectivity index (χ1v) is 5.89. The third-order valence-corrected chi connectivity index (χ3v) is 2.54. The maximum atomic E-state index is 12.8. The van der Waals surface area contributed by atoms with Crippen LogP contribution in [0.3, 0.4) is 0 Å². The van der Waals surface area contributed by atoms with E-state index in [4.69, 9.17) is 4.74 Å². The van der Waals surface area contributed by atoms with Crippen molar-refractivity contribution in [1.29, 1.82) is 0 Å². The van der Waals surface area contributed by atoms with Gasteiger partial charge in [0.15, 0.2) is 5.75 Å². The minimum atomic E-state index is -4.46. The van der Waals surface area contributed by atoms with E-state index in [2.05, 4.69) is 15.4 Å². The number of rotatable bonds is 4. The lowest BCUT2D eigenvalue weighted by Crippen LogP contribution is -2.07. The Morgan fingerprint density at radius 2 is 2.10 bits per heavy atom. The number of halogens is 3. The molecule has 0 saturated carbocycles. The van der Waals surface area contributed by atoms with Crippen LogP contribution in [0.1, 0.15) is 12.5 Å². The van der Waals surface area contributed by atoms with Crippen molar-refractivity contribution >= 4 is 5.82 Å². The van der Waals surface area contributed by atoms with Crippen LogP contribution in [0, 0.1) is 0 Å².